The van der Waals surface area contributed by atoms with Crippen molar-refractivity contribution in [3.05, 3.63) is 0 Å². The fraction of sp³-hybridized carbons (Fsp3) is 0.818. The largest absolute Gasteiger partial charge is 0.299 e. The topological polar surface area (TPSA) is 37.4 Å². The summed E-state index contributed by atoms with van der Waals surface area (Å²) < 4.78 is 0. The number of carbonyl (C=O) groups excluding carboxylic acids is 2. The van der Waals surface area contributed by atoms with Gasteiger partial charge in [-0.25, -0.2) is 0 Å². The van der Waals surface area contributed by atoms with Crippen molar-refractivity contribution in [2.24, 2.45) is 5.92 Å². The van der Waals surface area contributed by atoms with Crippen LogP contribution in [0.5, 0.6) is 0 Å². The molecule has 2 atom stereocenters. The Bertz CT molecular complexity index is 237. The van der Waals surface area contributed by atoms with E-state index in [1.54, 1.807) is 6.92 Å². The van der Waals surface area contributed by atoms with E-state index in [9.17, 15) is 9.59 Å². The van der Waals surface area contributed by atoms with Crippen LogP contribution < -0.4 is 0 Å². The number of rotatable bonds is 3. The molecular weight excluding hydrogens is 178 g/mol. The molecule has 1 heterocycles. The zero-order chi connectivity index (χ0) is 10.7. The highest BCUT2D eigenvalue weighted by Gasteiger charge is 2.29. The van der Waals surface area contributed by atoms with Crippen molar-refractivity contribution < 1.29 is 9.59 Å². The molecule has 2 unspecified atom stereocenters. The second-order valence-electron chi connectivity index (χ2n) is 4.10. The van der Waals surface area contributed by atoms with E-state index < -0.39 is 0 Å². The Hall–Kier alpha value is -0.700. The van der Waals surface area contributed by atoms with Crippen LogP contribution in [0.3, 0.4) is 0 Å². The van der Waals surface area contributed by atoms with Gasteiger partial charge in [-0.2, -0.15) is 0 Å². The molecule has 0 aromatic carbocycles. The Balaban J connectivity index is 2.58. The third-order valence-corrected chi connectivity index (χ3v) is 3.18. The van der Waals surface area contributed by atoms with Gasteiger partial charge < -0.3 is 0 Å². The maximum Gasteiger partial charge on any atom is 0.146 e. The molecule has 1 fully saturated rings. The van der Waals surface area contributed by atoms with Gasteiger partial charge in [-0.3, -0.25) is 14.5 Å². The Kier molecular flexibility index (Phi) is 3.81. The van der Waals surface area contributed by atoms with Crippen LogP contribution in [0.15, 0.2) is 0 Å². The molecule has 0 radical (unpaired) electrons. The normalized spacial score (nSPS) is 26.2. The zero-order valence-corrected chi connectivity index (χ0v) is 9.25. The minimum absolute atomic E-state index is 0.0304. The van der Waals surface area contributed by atoms with Crippen molar-refractivity contribution in [3.8, 4) is 0 Å². The Morgan fingerprint density at radius 3 is 2.79 bits per heavy atom. The molecule has 1 saturated heterocycles. The van der Waals surface area contributed by atoms with Crippen molar-refractivity contribution in [2.75, 3.05) is 13.1 Å². The maximum atomic E-state index is 11.5. The first-order valence-electron chi connectivity index (χ1n) is 5.33. The predicted octanol–water partition coefficient (Wildman–Crippen LogP) is 1.26. The number of ketones is 2. The van der Waals surface area contributed by atoms with Crippen LogP contribution in [0.1, 0.15) is 33.6 Å². The lowest BCUT2D eigenvalue weighted by Gasteiger charge is -2.34. The van der Waals surface area contributed by atoms with Gasteiger partial charge in [-0.05, 0) is 20.3 Å². The first kappa shape index (κ1) is 11.4. The molecule has 3 heteroatoms. The number of hydrogen-bond donors (Lipinski definition) is 0. The van der Waals surface area contributed by atoms with Crippen molar-refractivity contribution in [1.82, 2.24) is 4.90 Å². The number of hydrogen-bond acceptors (Lipinski definition) is 3. The summed E-state index contributed by atoms with van der Waals surface area (Å²) in [4.78, 5) is 24.8. The number of piperidine rings is 1. The highest BCUT2D eigenvalue weighted by atomic mass is 16.1. The lowest BCUT2D eigenvalue weighted by Crippen LogP contribution is -2.47. The van der Waals surface area contributed by atoms with Crippen LogP contribution in [-0.2, 0) is 9.59 Å². The average molecular weight is 197 g/mol. The molecule has 14 heavy (non-hydrogen) atoms. The van der Waals surface area contributed by atoms with E-state index >= 15 is 0 Å². The summed E-state index contributed by atoms with van der Waals surface area (Å²) in [5, 5.41) is 0. The second-order valence-corrected chi connectivity index (χ2v) is 4.10. The van der Waals surface area contributed by atoms with E-state index in [-0.39, 0.29) is 17.7 Å². The molecule has 0 aromatic heterocycles. The van der Waals surface area contributed by atoms with Gasteiger partial charge in [0.2, 0.25) is 0 Å². The number of nitrogens with zero attached hydrogens (tertiary/aromatic N) is 1. The van der Waals surface area contributed by atoms with E-state index in [0.29, 0.717) is 12.2 Å². The number of likely N-dealkylation sites (tertiary alicyclic amines) is 1. The lowest BCUT2D eigenvalue weighted by atomic mass is 9.93. The summed E-state index contributed by atoms with van der Waals surface area (Å²) in [6.45, 7) is 7.07. The van der Waals surface area contributed by atoms with Crippen LogP contribution in [0, 0.1) is 5.92 Å². The first-order chi connectivity index (χ1) is 6.56. The van der Waals surface area contributed by atoms with Gasteiger partial charge in [-0.1, -0.05) is 6.92 Å². The van der Waals surface area contributed by atoms with Gasteiger partial charge in [0.1, 0.15) is 11.6 Å². The fourth-order valence-corrected chi connectivity index (χ4v) is 1.90. The van der Waals surface area contributed by atoms with Crippen molar-refractivity contribution in [3.63, 3.8) is 0 Å². The molecule has 1 rings (SSSR count). The average Bonchev–Trinajstić information content (AvgIpc) is 2.17. The molecule has 80 valence electrons. The minimum Gasteiger partial charge on any atom is -0.299 e. The zero-order valence-electron chi connectivity index (χ0n) is 9.25. The van der Waals surface area contributed by atoms with Gasteiger partial charge in [0.15, 0.2) is 0 Å². The summed E-state index contributed by atoms with van der Waals surface area (Å²) in [6.07, 6.45) is 1.50. The van der Waals surface area contributed by atoms with Crippen molar-refractivity contribution in [1.29, 1.82) is 0 Å². The van der Waals surface area contributed by atoms with Gasteiger partial charge in [0.25, 0.3) is 0 Å². The third kappa shape index (κ3) is 2.41. The molecule has 1 aliphatic rings. The highest BCUT2D eigenvalue weighted by molar-refractivity contribution is 5.84. The first-order valence-corrected chi connectivity index (χ1v) is 5.33. The fourth-order valence-electron chi connectivity index (χ4n) is 1.90. The number of Topliss-reactive ketones (excluding diaryl/α,β-unsaturated/α-hetero) is 2. The molecule has 0 saturated carbocycles. The van der Waals surface area contributed by atoms with Crippen molar-refractivity contribution >= 4 is 11.6 Å². The van der Waals surface area contributed by atoms with Gasteiger partial charge in [0, 0.05) is 25.4 Å². The van der Waals surface area contributed by atoms with Gasteiger partial charge in [-0.15, -0.1) is 0 Å². The minimum atomic E-state index is -0.0304. The summed E-state index contributed by atoms with van der Waals surface area (Å²) in [5.41, 5.74) is 0. The summed E-state index contributed by atoms with van der Waals surface area (Å²) in [7, 11) is 0. The number of carbonyl (C=O) groups is 2. The van der Waals surface area contributed by atoms with Crippen LogP contribution in [-0.4, -0.2) is 35.6 Å². The van der Waals surface area contributed by atoms with Gasteiger partial charge in [0.05, 0.1) is 6.04 Å². The molecule has 3 nitrogen and oxygen atoms in total. The highest BCUT2D eigenvalue weighted by Crippen LogP contribution is 2.18. The summed E-state index contributed by atoms with van der Waals surface area (Å²) in [5.74, 6) is 0.694. The lowest BCUT2D eigenvalue weighted by molar-refractivity contribution is -0.130. The second kappa shape index (κ2) is 4.69. The van der Waals surface area contributed by atoms with Crippen molar-refractivity contribution in [2.45, 2.75) is 39.7 Å². The molecule has 0 N–H and O–H groups in total. The molecule has 0 aromatic rings. The van der Waals surface area contributed by atoms with Gasteiger partial charge >= 0.3 is 0 Å². The van der Waals surface area contributed by atoms with E-state index in [4.69, 9.17) is 0 Å². The predicted molar refractivity (Wildman–Crippen MR) is 55.1 cm³/mol. The van der Waals surface area contributed by atoms with Crippen LogP contribution in [0.2, 0.25) is 0 Å². The van der Waals surface area contributed by atoms with E-state index in [2.05, 4.69) is 4.90 Å². The molecule has 0 aliphatic carbocycles. The Labute approximate surface area is 85.5 Å². The van der Waals surface area contributed by atoms with E-state index in [0.717, 1.165) is 19.5 Å². The van der Waals surface area contributed by atoms with E-state index in [1.165, 1.54) is 0 Å². The smallest absolute Gasteiger partial charge is 0.146 e. The summed E-state index contributed by atoms with van der Waals surface area (Å²) >= 11 is 0. The molecule has 0 amide bonds. The van der Waals surface area contributed by atoms with Crippen LogP contribution in [0.4, 0.5) is 0 Å². The summed E-state index contributed by atoms with van der Waals surface area (Å²) in [6, 6.07) is -0.0304. The third-order valence-electron chi connectivity index (χ3n) is 3.18. The maximum absolute atomic E-state index is 11.5. The monoisotopic (exact) mass is 197 g/mol. The molecule has 0 spiro atoms. The van der Waals surface area contributed by atoms with Crippen LogP contribution >= 0.6 is 0 Å². The molecule has 0 bridgehead atoms. The molecule has 1 aliphatic heterocycles. The quantitative estimate of drug-likeness (QED) is 0.683. The van der Waals surface area contributed by atoms with E-state index in [1.807, 2.05) is 13.8 Å². The Morgan fingerprint density at radius 2 is 2.29 bits per heavy atom. The standard InChI is InChI=1S/C11H19NO2/c1-4-10-7-12(6-5-11(10)14)8(2)9(3)13/h8,10H,4-7H2,1-3H3. The Morgan fingerprint density at radius 1 is 1.64 bits per heavy atom. The van der Waals surface area contributed by atoms with Crippen LogP contribution in [0.25, 0.3) is 0 Å². The molecular formula is C11H19NO2. The SMILES string of the molecule is CCC1CN(C(C)C(C)=O)CCC1=O.